The van der Waals surface area contributed by atoms with Crippen LogP contribution in [0.4, 0.5) is 5.82 Å². The van der Waals surface area contributed by atoms with Gasteiger partial charge in [-0.1, -0.05) is 24.3 Å². The van der Waals surface area contributed by atoms with Crippen molar-refractivity contribution in [3.05, 3.63) is 59.3 Å². The first-order valence-electron chi connectivity index (χ1n) is 10.9. The Labute approximate surface area is 180 Å². The maximum absolute atomic E-state index is 12.4. The largest absolute Gasteiger partial charge is 0.373 e. The van der Waals surface area contributed by atoms with Crippen LogP contribution in [-0.4, -0.2) is 54.2 Å². The second kappa shape index (κ2) is 10.5. The number of hydrogen-bond acceptors (Lipinski definition) is 5. The van der Waals surface area contributed by atoms with Crippen LogP contribution in [0.15, 0.2) is 42.6 Å². The number of pyridine rings is 1. The molecule has 3 rings (SSSR count). The van der Waals surface area contributed by atoms with Crippen LogP contribution in [0.3, 0.4) is 0 Å². The van der Waals surface area contributed by atoms with Crippen LogP contribution in [0.25, 0.3) is 0 Å². The summed E-state index contributed by atoms with van der Waals surface area (Å²) in [5.41, 5.74) is 2.95. The Kier molecular flexibility index (Phi) is 7.82. The van der Waals surface area contributed by atoms with Gasteiger partial charge in [-0.05, 0) is 51.0 Å². The normalized spacial score (nSPS) is 19.5. The quantitative estimate of drug-likeness (QED) is 0.722. The van der Waals surface area contributed by atoms with Crippen LogP contribution in [0.1, 0.15) is 49.2 Å². The molecule has 6 heteroatoms. The van der Waals surface area contributed by atoms with Crippen molar-refractivity contribution in [1.82, 2.24) is 15.2 Å². The SMILES string of the molecule is CCN(CC)c1ccc(C(=O)NCc2ccc(CN3CC(C)OC(C)C3)cc2)cn1. The lowest BCUT2D eigenvalue weighted by atomic mass is 10.1. The number of anilines is 1. The molecule has 0 spiro atoms. The average Bonchev–Trinajstić information content (AvgIpc) is 2.74. The fraction of sp³-hybridized carbons (Fsp3) is 0.500. The third kappa shape index (κ3) is 6.03. The van der Waals surface area contributed by atoms with Gasteiger partial charge in [-0.25, -0.2) is 4.98 Å². The average molecular weight is 411 g/mol. The highest BCUT2D eigenvalue weighted by molar-refractivity contribution is 5.94. The minimum absolute atomic E-state index is 0.103. The monoisotopic (exact) mass is 410 g/mol. The fourth-order valence-corrected chi connectivity index (χ4v) is 3.97. The minimum atomic E-state index is -0.103. The molecule has 2 aromatic rings. The zero-order valence-electron chi connectivity index (χ0n) is 18.6. The van der Waals surface area contributed by atoms with E-state index in [-0.39, 0.29) is 18.1 Å². The van der Waals surface area contributed by atoms with Crippen molar-refractivity contribution in [1.29, 1.82) is 0 Å². The number of hydrogen-bond donors (Lipinski definition) is 1. The molecule has 162 valence electrons. The van der Waals surface area contributed by atoms with Crippen molar-refractivity contribution in [2.24, 2.45) is 0 Å². The summed E-state index contributed by atoms with van der Waals surface area (Å²) in [5, 5.41) is 2.98. The van der Waals surface area contributed by atoms with Gasteiger partial charge < -0.3 is 15.0 Å². The van der Waals surface area contributed by atoms with Gasteiger partial charge in [0.15, 0.2) is 0 Å². The molecule has 0 radical (unpaired) electrons. The first-order chi connectivity index (χ1) is 14.5. The molecule has 1 amide bonds. The first kappa shape index (κ1) is 22.2. The third-order valence-electron chi connectivity index (χ3n) is 5.47. The van der Waals surface area contributed by atoms with Gasteiger partial charge in [0.2, 0.25) is 0 Å². The zero-order chi connectivity index (χ0) is 21.5. The Bertz CT molecular complexity index is 793. The summed E-state index contributed by atoms with van der Waals surface area (Å²) < 4.78 is 5.80. The van der Waals surface area contributed by atoms with E-state index in [0.29, 0.717) is 12.1 Å². The number of ether oxygens (including phenoxy) is 1. The molecular formula is C24H34N4O2. The van der Waals surface area contributed by atoms with Crippen LogP contribution in [-0.2, 0) is 17.8 Å². The predicted molar refractivity (Wildman–Crippen MR) is 121 cm³/mol. The third-order valence-corrected chi connectivity index (χ3v) is 5.47. The first-order valence-corrected chi connectivity index (χ1v) is 10.9. The summed E-state index contributed by atoms with van der Waals surface area (Å²) in [7, 11) is 0. The van der Waals surface area contributed by atoms with E-state index in [0.717, 1.165) is 44.1 Å². The molecule has 0 aliphatic carbocycles. The number of morpholine rings is 1. The van der Waals surface area contributed by atoms with E-state index in [2.05, 4.69) is 72.1 Å². The number of benzene rings is 1. The maximum atomic E-state index is 12.4. The molecule has 6 nitrogen and oxygen atoms in total. The Hall–Kier alpha value is -2.44. The van der Waals surface area contributed by atoms with Crippen LogP contribution in [0.5, 0.6) is 0 Å². The van der Waals surface area contributed by atoms with Gasteiger partial charge in [0.1, 0.15) is 5.82 Å². The fourth-order valence-electron chi connectivity index (χ4n) is 3.97. The Balaban J connectivity index is 1.50. The molecule has 1 aromatic heterocycles. The molecule has 1 N–H and O–H groups in total. The summed E-state index contributed by atoms with van der Waals surface area (Å²) in [4.78, 5) is 21.5. The van der Waals surface area contributed by atoms with Crippen molar-refractivity contribution in [2.45, 2.75) is 53.0 Å². The highest BCUT2D eigenvalue weighted by atomic mass is 16.5. The van der Waals surface area contributed by atoms with Crippen LogP contribution < -0.4 is 10.2 Å². The van der Waals surface area contributed by atoms with Gasteiger partial charge >= 0.3 is 0 Å². The maximum Gasteiger partial charge on any atom is 0.253 e. The smallest absolute Gasteiger partial charge is 0.253 e. The Morgan fingerprint density at radius 1 is 1.07 bits per heavy atom. The second-order valence-corrected chi connectivity index (χ2v) is 8.03. The van der Waals surface area contributed by atoms with E-state index in [4.69, 9.17) is 4.74 Å². The van der Waals surface area contributed by atoms with Crippen LogP contribution in [0, 0.1) is 0 Å². The molecule has 0 saturated carbocycles. The van der Waals surface area contributed by atoms with Gasteiger partial charge in [0.05, 0.1) is 17.8 Å². The van der Waals surface area contributed by atoms with Crippen LogP contribution >= 0.6 is 0 Å². The lowest BCUT2D eigenvalue weighted by Crippen LogP contribution is -2.44. The van der Waals surface area contributed by atoms with Crippen molar-refractivity contribution in [3.63, 3.8) is 0 Å². The summed E-state index contributed by atoms with van der Waals surface area (Å²) in [6, 6.07) is 12.2. The summed E-state index contributed by atoms with van der Waals surface area (Å²) in [6.45, 7) is 13.6. The van der Waals surface area contributed by atoms with Crippen molar-refractivity contribution in [3.8, 4) is 0 Å². The predicted octanol–water partition coefficient (Wildman–Crippen LogP) is 3.47. The number of carbonyl (C=O) groups excluding carboxylic acids is 1. The van der Waals surface area contributed by atoms with Crippen LogP contribution in [0.2, 0.25) is 0 Å². The molecule has 1 aliphatic heterocycles. The summed E-state index contributed by atoms with van der Waals surface area (Å²) in [5.74, 6) is 0.796. The molecular weight excluding hydrogens is 376 g/mol. The topological polar surface area (TPSA) is 57.7 Å². The number of aromatic nitrogens is 1. The van der Waals surface area contributed by atoms with Gasteiger partial charge in [0.25, 0.3) is 5.91 Å². The van der Waals surface area contributed by atoms with E-state index >= 15 is 0 Å². The van der Waals surface area contributed by atoms with Gasteiger partial charge in [-0.2, -0.15) is 0 Å². The molecule has 2 atom stereocenters. The number of nitrogens with zero attached hydrogens (tertiary/aromatic N) is 3. The van der Waals surface area contributed by atoms with Gasteiger partial charge in [0, 0.05) is 45.5 Å². The van der Waals surface area contributed by atoms with E-state index in [9.17, 15) is 4.79 Å². The molecule has 1 aromatic carbocycles. The van der Waals surface area contributed by atoms with Crippen molar-refractivity contribution >= 4 is 11.7 Å². The standard InChI is InChI=1S/C24H34N4O2/c1-5-28(6-2)23-12-11-22(14-25-23)24(29)26-13-20-7-9-21(10-8-20)17-27-15-18(3)30-19(4)16-27/h7-12,14,18-19H,5-6,13,15-17H2,1-4H3,(H,26,29). The van der Waals surface area contributed by atoms with E-state index < -0.39 is 0 Å². The van der Waals surface area contributed by atoms with Gasteiger partial charge in [-0.3, -0.25) is 9.69 Å². The summed E-state index contributed by atoms with van der Waals surface area (Å²) in [6.07, 6.45) is 2.20. The highest BCUT2D eigenvalue weighted by Crippen LogP contribution is 2.15. The second-order valence-electron chi connectivity index (χ2n) is 8.03. The van der Waals surface area contributed by atoms with E-state index in [1.165, 1.54) is 5.56 Å². The van der Waals surface area contributed by atoms with E-state index in [1.807, 2.05) is 12.1 Å². The number of carbonyl (C=O) groups is 1. The number of nitrogens with one attached hydrogen (secondary N) is 1. The lowest BCUT2D eigenvalue weighted by Gasteiger charge is -2.35. The molecule has 30 heavy (non-hydrogen) atoms. The van der Waals surface area contributed by atoms with Gasteiger partial charge in [-0.15, -0.1) is 0 Å². The molecule has 0 bridgehead atoms. The Morgan fingerprint density at radius 2 is 1.70 bits per heavy atom. The minimum Gasteiger partial charge on any atom is -0.373 e. The highest BCUT2D eigenvalue weighted by Gasteiger charge is 2.21. The lowest BCUT2D eigenvalue weighted by molar-refractivity contribution is -0.0704. The number of rotatable bonds is 8. The van der Waals surface area contributed by atoms with Crippen molar-refractivity contribution in [2.75, 3.05) is 31.1 Å². The van der Waals surface area contributed by atoms with E-state index in [1.54, 1.807) is 6.20 Å². The zero-order valence-corrected chi connectivity index (χ0v) is 18.6. The molecule has 1 aliphatic rings. The number of amides is 1. The Morgan fingerprint density at radius 3 is 2.27 bits per heavy atom. The molecule has 2 unspecified atom stereocenters. The molecule has 2 heterocycles. The summed E-state index contributed by atoms with van der Waals surface area (Å²) >= 11 is 0. The molecule has 1 saturated heterocycles. The van der Waals surface area contributed by atoms with Crippen molar-refractivity contribution < 1.29 is 9.53 Å². The molecule has 1 fully saturated rings.